The normalized spacial score (nSPS) is 15.0. The maximum absolute atomic E-state index is 12.7. The van der Waals surface area contributed by atoms with Gasteiger partial charge in [-0.1, -0.05) is 66.7 Å². The molecular weight excluding hydrogens is 540 g/mol. The van der Waals surface area contributed by atoms with Crippen molar-refractivity contribution in [3.63, 3.8) is 0 Å². The van der Waals surface area contributed by atoms with Gasteiger partial charge < -0.3 is 14.7 Å². The van der Waals surface area contributed by atoms with Crippen LogP contribution in [0.2, 0.25) is 0 Å². The minimum atomic E-state index is -0.537. The number of likely N-dealkylation sites (tertiary alicyclic amines) is 1. The molecule has 0 radical (unpaired) electrons. The lowest BCUT2D eigenvalue weighted by molar-refractivity contribution is 0.0218. The van der Waals surface area contributed by atoms with Crippen LogP contribution in [0.25, 0.3) is 33.6 Å². The zero-order chi connectivity index (χ0) is 30.0. The molecule has 1 saturated heterocycles. The predicted octanol–water partition coefficient (Wildman–Crippen LogP) is 7.46. The van der Waals surface area contributed by atoms with Gasteiger partial charge in [0.2, 0.25) is 5.95 Å². The van der Waals surface area contributed by atoms with E-state index in [0.717, 1.165) is 52.3 Å². The van der Waals surface area contributed by atoms with Crippen molar-refractivity contribution >= 4 is 17.9 Å². The Labute approximate surface area is 250 Å². The summed E-state index contributed by atoms with van der Waals surface area (Å²) in [5, 5.41) is 2.80. The smallest absolute Gasteiger partial charge is 0.410 e. The van der Waals surface area contributed by atoms with Crippen LogP contribution in [0.5, 0.6) is 0 Å². The lowest BCUT2D eigenvalue weighted by Gasteiger charge is -2.27. The number of aromatic nitrogens is 4. The second-order valence-electron chi connectivity index (χ2n) is 11.6. The van der Waals surface area contributed by atoms with Gasteiger partial charge in [0.1, 0.15) is 11.4 Å². The summed E-state index contributed by atoms with van der Waals surface area (Å²) in [5.41, 5.74) is 5.90. The van der Waals surface area contributed by atoms with Crippen LogP contribution in [0.4, 0.5) is 10.7 Å². The molecular formula is C34H34N6O3. The zero-order valence-electron chi connectivity index (χ0n) is 24.4. The number of nitrogens with one attached hydrogen (secondary N) is 3. The van der Waals surface area contributed by atoms with Crippen molar-refractivity contribution in [3.05, 3.63) is 103 Å². The Morgan fingerprint density at radius 2 is 1.40 bits per heavy atom. The monoisotopic (exact) mass is 574 g/mol. The van der Waals surface area contributed by atoms with E-state index in [4.69, 9.17) is 4.74 Å². The SMILES string of the molecule is CC(C)(C)OC(=O)N1CCCC1c1ncc(-c2ccc(-c3ccc(-c4cnc(NC(=O)c5ccccc5)[nH]4)cc3)cc2)[nH]1. The number of benzene rings is 3. The Bertz CT molecular complexity index is 1720. The van der Waals surface area contributed by atoms with E-state index >= 15 is 0 Å². The molecule has 0 bridgehead atoms. The van der Waals surface area contributed by atoms with Crippen molar-refractivity contribution < 1.29 is 14.3 Å². The molecule has 2 amide bonds. The van der Waals surface area contributed by atoms with E-state index < -0.39 is 5.60 Å². The first kappa shape index (κ1) is 28.0. The van der Waals surface area contributed by atoms with Gasteiger partial charge >= 0.3 is 6.09 Å². The van der Waals surface area contributed by atoms with Crippen LogP contribution in [0, 0.1) is 0 Å². The van der Waals surface area contributed by atoms with Crippen LogP contribution >= 0.6 is 0 Å². The van der Waals surface area contributed by atoms with E-state index in [0.29, 0.717) is 18.1 Å². The van der Waals surface area contributed by atoms with Gasteiger partial charge in [0.25, 0.3) is 5.91 Å². The largest absolute Gasteiger partial charge is 0.444 e. The number of hydrogen-bond acceptors (Lipinski definition) is 5. The van der Waals surface area contributed by atoms with Gasteiger partial charge in [-0.15, -0.1) is 0 Å². The molecule has 2 aromatic heterocycles. The maximum atomic E-state index is 12.7. The first-order valence-electron chi connectivity index (χ1n) is 14.4. The summed E-state index contributed by atoms with van der Waals surface area (Å²) in [4.78, 5) is 42.5. The quantitative estimate of drug-likeness (QED) is 0.195. The molecule has 3 heterocycles. The lowest BCUT2D eigenvalue weighted by atomic mass is 10.0. The molecule has 5 aromatic rings. The van der Waals surface area contributed by atoms with Crippen molar-refractivity contribution in [2.75, 3.05) is 11.9 Å². The zero-order valence-corrected chi connectivity index (χ0v) is 24.4. The predicted molar refractivity (Wildman–Crippen MR) is 166 cm³/mol. The third kappa shape index (κ3) is 6.35. The van der Waals surface area contributed by atoms with Crippen molar-refractivity contribution in [1.82, 2.24) is 24.8 Å². The summed E-state index contributed by atoms with van der Waals surface area (Å²) in [6.45, 7) is 6.30. The summed E-state index contributed by atoms with van der Waals surface area (Å²) >= 11 is 0. The molecule has 218 valence electrons. The molecule has 1 unspecified atom stereocenters. The summed E-state index contributed by atoms with van der Waals surface area (Å²) in [5.74, 6) is 0.962. The molecule has 1 aliphatic rings. The van der Waals surface area contributed by atoms with E-state index in [9.17, 15) is 9.59 Å². The number of hydrogen-bond donors (Lipinski definition) is 3. The van der Waals surface area contributed by atoms with Crippen LogP contribution in [0.1, 0.15) is 55.8 Å². The average Bonchev–Trinajstić information content (AvgIpc) is 3.78. The van der Waals surface area contributed by atoms with Crippen LogP contribution in [-0.2, 0) is 4.74 Å². The highest BCUT2D eigenvalue weighted by Crippen LogP contribution is 2.33. The van der Waals surface area contributed by atoms with Crippen molar-refractivity contribution in [3.8, 4) is 33.6 Å². The number of nitrogens with zero attached hydrogens (tertiary/aromatic N) is 3. The number of ether oxygens (including phenoxy) is 1. The first-order chi connectivity index (χ1) is 20.7. The maximum Gasteiger partial charge on any atom is 0.410 e. The van der Waals surface area contributed by atoms with Gasteiger partial charge in [0.05, 0.1) is 29.8 Å². The standard InChI is InChI=1S/C34H34N6O3/c1-34(2,3)43-33(42)40-19-7-10-29(40)30-35-20-27(37-30)24-15-11-22(12-16-24)23-13-17-25(18-14-23)28-21-36-32(38-28)39-31(41)26-8-5-4-6-9-26/h4-6,8-9,11-18,20-21,29H,7,10,19H2,1-3H3,(H,35,37)(H2,36,38,39,41). The van der Waals surface area contributed by atoms with Gasteiger partial charge in [-0.25, -0.2) is 14.8 Å². The number of carbonyl (C=O) groups is 2. The summed E-state index contributed by atoms with van der Waals surface area (Å²) in [7, 11) is 0. The molecule has 0 aliphatic carbocycles. The molecule has 1 fully saturated rings. The van der Waals surface area contributed by atoms with Crippen molar-refractivity contribution in [2.24, 2.45) is 0 Å². The third-order valence-corrected chi connectivity index (χ3v) is 7.36. The lowest BCUT2D eigenvalue weighted by Crippen LogP contribution is -2.36. The van der Waals surface area contributed by atoms with Crippen molar-refractivity contribution in [2.45, 2.75) is 45.3 Å². The van der Waals surface area contributed by atoms with Gasteiger partial charge in [-0.2, -0.15) is 0 Å². The number of carbonyl (C=O) groups excluding carboxylic acids is 2. The topological polar surface area (TPSA) is 116 Å². The summed E-state index contributed by atoms with van der Waals surface area (Å²) < 4.78 is 5.61. The van der Waals surface area contributed by atoms with Gasteiger partial charge in [-0.3, -0.25) is 15.0 Å². The second kappa shape index (κ2) is 11.6. The van der Waals surface area contributed by atoms with E-state index in [2.05, 4.69) is 61.7 Å². The Morgan fingerprint density at radius 3 is 2.02 bits per heavy atom. The molecule has 9 heteroatoms. The Kier molecular flexibility index (Phi) is 7.54. The van der Waals surface area contributed by atoms with Gasteiger partial charge in [0, 0.05) is 12.1 Å². The van der Waals surface area contributed by atoms with Crippen LogP contribution in [0.3, 0.4) is 0 Å². The second-order valence-corrected chi connectivity index (χ2v) is 11.6. The fraction of sp³-hybridized carbons (Fsp3) is 0.235. The van der Waals surface area contributed by atoms with Crippen molar-refractivity contribution in [1.29, 1.82) is 0 Å². The molecule has 3 N–H and O–H groups in total. The highest BCUT2D eigenvalue weighted by atomic mass is 16.6. The number of amides is 2. The van der Waals surface area contributed by atoms with Crippen LogP contribution in [0.15, 0.2) is 91.3 Å². The Morgan fingerprint density at radius 1 is 0.814 bits per heavy atom. The molecule has 43 heavy (non-hydrogen) atoms. The summed E-state index contributed by atoms with van der Waals surface area (Å²) in [6, 6.07) is 25.4. The Hall–Kier alpha value is -5.18. The van der Waals surface area contributed by atoms with E-state index in [1.165, 1.54) is 0 Å². The molecule has 6 rings (SSSR count). The van der Waals surface area contributed by atoms with Crippen LogP contribution in [-0.4, -0.2) is 49.0 Å². The molecule has 0 saturated carbocycles. The number of aromatic amines is 2. The van der Waals surface area contributed by atoms with Gasteiger partial charge in [0.15, 0.2) is 0 Å². The van der Waals surface area contributed by atoms with Crippen LogP contribution < -0.4 is 5.32 Å². The van der Waals surface area contributed by atoms with E-state index in [-0.39, 0.29) is 18.0 Å². The Balaban J connectivity index is 1.11. The average molecular weight is 575 g/mol. The minimum absolute atomic E-state index is 0.118. The number of H-pyrrole nitrogens is 2. The molecule has 0 spiro atoms. The van der Waals surface area contributed by atoms with Gasteiger partial charge in [-0.05, 0) is 68.0 Å². The molecule has 1 atom stereocenters. The molecule has 3 aromatic carbocycles. The summed E-state index contributed by atoms with van der Waals surface area (Å²) in [6.07, 6.45) is 5.00. The number of imidazole rings is 2. The first-order valence-corrected chi connectivity index (χ1v) is 14.4. The highest BCUT2D eigenvalue weighted by molar-refractivity contribution is 6.03. The fourth-order valence-corrected chi connectivity index (χ4v) is 5.23. The third-order valence-electron chi connectivity index (χ3n) is 7.36. The van der Waals surface area contributed by atoms with E-state index in [1.807, 2.05) is 57.3 Å². The molecule has 1 aliphatic heterocycles. The van der Waals surface area contributed by atoms with E-state index in [1.54, 1.807) is 23.2 Å². The fourth-order valence-electron chi connectivity index (χ4n) is 5.23. The number of anilines is 1. The highest BCUT2D eigenvalue weighted by Gasteiger charge is 2.34. The molecule has 9 nitrogen and oxygen atoms in total. The minimum Gasteiger partial charge on any atom is -0.444 e. The number of rotatable bonds is 6.